The van der Waals surface area contributed by atoms with Gasteiger partial charge in [0.1, 0.15) is 10.8 Å². The van der Waals surface area contributed by atoms with Gasteiger partial charge in [-0.2, -0.15) is 0 Å². The number of hydrogen-bond donors (Lipinski definition) is 0. The van der Waals surface area contributed by atoms with Crippen LogP contribution < -0.4 is 4.74 Å². The molecule has 0 bridgehead atoms. The molecule has 3 nitrogen and oxygen atoms in total. The first-order chi connectivity index (χ1) is 10.2. The van der Waals surface area contributed by atoms with Crippen molar-refractivity contribution in [1.29, 1.82) is 0 Å². The maximum absolute atomic E-state index is 11.2. The Hall–Kier alpha value is -2.46. The van der Waals surface area contributed by atoms with E-state index in [1.165, 1.54) is 0 Å². The Morgan fingerprint density at radius 2 is 2.10 bits per heavy atom. The van der Waals surface area contributed by atoms with Crippen LogP contribution in [0.2, 0.25) is 0 Å². The molecule has 1 aromatic heterocycles. The van der Waals surface area contributed by atoms with Gasteiger partial charge in [0.05, 0.1) is 10.2 Å². The number of rotatable bonds is 3. The van der Waals surface area contributed by atoms with E-state index in [1.807, 2.05) is 37.3 Å². The van der Waals surface area contributed by atoms with Crippen LogP contribution >= 0.6 is 11.3 Å². The quantitative estimate of drug-likeness (QED) is 0.409. The zero-order valence-electron chi connectivity index (χ0n) is 11.5. The van der Waals surface area contributed by atoms with E-state index in [-0.39, 0.29) is 0 Å². The van der Waals surface area contributed by atoms with Gasteiger partial charge >= 0.3 is 5.97 Å². The molecule has 0 aliphatic heterocycles. The Morgan fingerprint density at radius 3 is 2.81 bits per heavy atom. The van der Waals surface area contributed by atoms with Crippen LogP contribution in [-0.4, -0.2) is 11.0 Å². The second kappa shape index (κ2) is 5.50. The van der Waals surface area contributed by atoms with E-state index in [0.29, 0.717) is 5.75 Å². The van der Waals surface area contributed by atoms with Gasteiger partial charge in [0.25, 0.3) is 0 Å². The third-order valence-corrected chi connectivity index (χ3v) is 4.18. The van der Waals surface area contributed by atoms with Crippen molar-refractivity contribution in [1.82, 2.24) is 4.98 Å². The molecule has 3 rings (SSSR count). The Morgan fingerprint density at radius 1 is 1.29 bits per heavy atom. The topological polar surface area (TPSA) is 39.2 Å². The van der Waals surface area contributed by atoms with Gasteiger partial charge in [-0.1, -0.05) is 18.7 Å². The monoisotopic (exact) mass is 295 g/mol. The van der Waals surface area contributed by atoms with Gasteiger partial charge in [-0.05, 0) is 42.8 Å². The predicted molar refractivity (Wildman–Crippen MR) is 85.6 cm³/mol. The fourth-order valence-corrected chi connectivity index (χ4v) is 3.14. The van der Waals surface area contributed by atoms with Crippen molar-refractivity contribution in [2.45, 2.75) is 6.92 Å². The molecule has 0 aliphatic rings. The molecule has 3 aromatic rings. The summed E-state index contributed by atoms with van der Waals surface area (Å²) in [7, 11) is 0. The number of esters is 1. The lowest BCUT2D eigenvalue weighted by Crippen LogP contribution is -2.03. The number of fused-ring (bicyclic) bond motifs is 1. The maximum Gasteiger partial charge on any atom is 0.335 e. The van der Waals surface area contributed by atoms with Gasteiger partial charge in [0.15, 0.2) is 0 Å². The highest BCUT2D eigenvalue weighted by molar-refractivity contribution is 7.21. The second-order valence-corrected chi connectivity index (χ2v) is 5.62. The van der Waals surface area contributed by atoms with E-state index in [4.69, 9.17) is 4.74 Å². The van der Waals surface area contributed by atoms with E-state index in [0.717, 1.165) is 32.4 Å². The maximum atomic E-state index is 11.2. The molecule has 104 valence electrons. The van der Waals surface area contributed by atoms with Gasteiger partial charge in [0.2, 0.25) is 0 Å². The number of nitrogens with zero attached hydrogens (tertiary/aromatic N) is 1. The van der Waals surface area contributed by atoms with Crippen molar-refractivity contribution in [2.24, 2.45) is 0 Å². The van der Waals surface area contributed by atoms with E-state index in [2.05, 4.69) is 17.6 Å². The summed E-state index contributed by atoms with van der Waals surface area (Å²) in [5, 5.41) is 0.968. The predicted octanol–water partition coefficient (Wildman–Crippen LogP) is 4.36. The molecule has 0 aliphatic carbocycles. The highest BCUT2D eigenvalue weighted by atomic mass is 32.1. The Bertz CT molecular complexity index is 803. The van der Waals surface area contributed by atoms with E-state index >= 15 is 0 Å². The first-order valence-corrected chi connectivity index (χ1v) is 7.30. The molecule has 0 unspecified atom stereocenters. The fourth-order valence-electron chi connectivity index (χ4n) is 2.08. The van der Waals surface area contributed by atoms with Gasteiger partial charge in [-0.25, -0.2) is 9.78 Å². The van der Waals surface area contributed by atoms with Crippen LogP contribution in [0, 0.1) is 6.92 Å². The number of aryl methyl sites for hydroxylation is 1. The number of benzene rings is 2. The van der Waals surface area contributed by atoms with E-state index in [9.17, 15) is 4.79 Å². The third-order valence-electron chi connectivity index (χ3n) is 3.11. The number of hydrogen-bond acceptors (Lipinski definition) is 4. The lowest BCUT2D eigenvalue weighted by atomic mass is 10.1. The molecule has 0 amide bonds. The smallest absolute Gasteiger partial charge is 0.335 e. The summed E-state index contributed by atoms with van der Waals surface area (Å²) in [4.78, 5) is 15.9. The average Bonchev–Trinajstić information content (AvgIpc) is 2.90. The summed E-state index contributed by atoms with van der Waals surface area (Å²) in [5.41, 5.74) is 3.07. The summed E-state index contributed by atoms with van der Waals surface area (Å²) in [5.74, 6) is 0.0596. The number of thiazole rings is 1. The molecule has 0 saturated heterocycles. The minimum atomic E-state index is -0.456. The summed E-state index contributed by atoms with van der Waals surface area (Å²) >= 11 is 1.65. The van der Waals surface area contributed by atoms with Crippen LogP contribution in [0.15, 0.2) is 55.1 Å². The van der Waals surface area contributed by atoms with Gasteiger partial charge in [-0.3, -0.25) is 0 Å². The SMILES string of the molecule is C=CC(=O)Oc1ccc(-c2nc3ccccc3s2)c(C)c1. The standard InChI is InChI=1S/C17H13NO2S/c1-3-16(19)20-12-8-9-13(11(2)10-12)17-18-14-6-4-5-7-15(14)21-17/h3-10H,1H2,2H3. The number of carbonyl (C=O) groups is 1. The zero-order valence-corrected chi connectivity index (χ0v) is 12.3. The lowest BCUT2D eigenvalue weighted by molar-refractivity contribution is -0.128. The average molecular weight is 295 g/mol. The van der Waals surface area contributed by atoms with Crippen molar-refractivity contribution in [2.75, 3.05) is 0 Å². The van der Waals surface area contributed by atoms with Crippen molar-refractivity contribution >= 4 is 27.5 Å². The minimum Gasteiger partial charge on any atom is -0.423 e. The molecule has 0 fully saturated rings. The Labute approximate surface area is 126 Å². The van der Waals surface area contributed by atoms with Crippen molar-refractivity contribution in [3.63, 3.8) is 0 Å². The zero-order chi connectivity index (χ0) is 14.8. The molecule has 0 radical (unpaired) electrons. The van der Waals surface area contributed by atoms with Gasteiger partial charge < -0.3 is 4.74 Å². The molecule has 0 N–H and O–H groups in total. The van der Waals surface area contributed by atoms with Gasteiger partial charge in [0, 0.05) is 11.6 Å². The van der Waals surface area contributed by atoms with Crippen LogP contribution in [0.5, 0.6) is 5.75 Å². The number of ether oxygens (including phenoxy) is 1. The first-order valence-electron chi connectivity index (χ1n) is 6.48. The molecule has 0 spiro atoms. The van der Waals surface area contributed by atoms with Crippen LogP contribution in [0.3, 0.4) is 0 Å². The largest absolute Gasteiger partial charge is 0.423 e. The van der Waals surface area contributed by atoms with Crippen molar-refractivity contribution in [3.8, 4) is 16.3 Å². The molecule has 2 aromatic carbocycles. The number of aromatic nitrogens is 1. The van der Waals surface area contributed by atoms with Crippen LogP contribution in [0.1, 0.15) is 5.56 Å². The van der Waals surface area contributed by atoms with Gasteiger partial charge in [-0.15, -0.1) is 11.3 Å². The van der Waals surface area contributed by atoms with Crippen LogP contribution in [-0.2, 0) is 4.79 Å². The summed E-state index contributed by atoms with van der Waals surface area (Å²) in [6.07, 6.45) is 1.15. The normalized spacial score (nSPS) is 10.5. The van der Waals surface area contributed by atoms with E-state index < -0.39 is 5.97 Å². The molecular weight excluding hydrogens is 282 g/mol. The molecule has 4 heteroatoms. The van der Waals surface area contributed by atoms with E-state index in [1.54, 1.807) is 17.4 Å². The third kappa shape index (κ3) is 2.71. The summed E-state index contributed by atoms with van der Waals surface area (Å²) < 4.78 is 6.28. The molecule has 1 heterocycles. The summed E-state index contributed by atoms with van der Waals surface area (Å²) in [6.45, 7) is 5.36. The number of carbonyl (C=O) groups excluding carboxylic acids is 1. The van der Waals surface area contributed by atoms with Crippen LogP contribution in [0.25, 0.3) is 20.8 Å². The molecular formula is C17H13NO2S. The molecule has 0 saturated carbocycles. The van der Waals surface area contributed by atoms with Crippen LogP contribution in [0.4, 0.5) is 0 Å². The van der Waals surface area contributed by atoms with Crippen molar-refractivity contribution < 1.29 is 9.53 Å². The Balaban J connectivity index is 1.98. The lowest BCUT2D eigenvalue weighted by Gasteiger charge is -2.06. The highest BCUT2D eigenvalue weighted by Crippen LogP contribution is 2.33. The molecule has 0 atom stereocenters. The Kier molecular flexibility index (Phi) is 3.54. The summed E-state index contributed by atoms with van der Waals surface area (Å²) in [6, 6.07) is 13.6. The number of para-hydroxylation sites is 1. The van der Waals surface area contributed by atoms with Crippen molar-refractivity contribution in [3.05, 3.63) is 60.7 Å². The minimum absolute atomic E-state index is 0.456. The molecule has 21 heavy (non-hydrogen) atoms. The second-order valence-electron chi connectivity index (χ2n) is 4.59. The first kappa shape index (κ1) is 13.5. The fraction of sp³-hybridized carbons (Fsp3) is 0.0588. The highest BCUT2D eigenvalue weighted by Gasteiger charge is 2.10.